The van der Waals surface area contributed by atoms with E-state index in [-0.39, 0.29) is 0 Å². The molecular weight excluding hydrogens is 268 g/mol. The molecule has 120 valence electrons. The number of hydrogen-bond acceptors (Lipinski definition) is 5. The van der Waals surface area contributed by atoms with Crippen molar-refractivity contribution in [3.05, 3.63) is 24.0 Å². The molecule has 1 aromatic rings. The highest BCUT2D eigenvalue weighted by molar-refractivity contribution is 5.29. The zero-order valence-corrected chi connectivity index (χ0v) is 13.4. The van der Waals surface area contributed by atoms with E-state index in [0.29, 0.717) is 32.3 Å². The SMILES string of the molecule is COCCOCCCOc1ccncc1CNCC(C)C. The average Bonchev–Trinajstić information content (AvgIpc) is 2.47. The summed E-state index contributed by atoms with van der Waals surface area (Å²) >= 11 is 0. The van der Waals surface area contributed by atoms with E-state index < -0.39 is 0 Å². The Morgan fingerprint density at radius 1 is 1.19 bits per heavy atom. The standard InChI is InChI=1S/C16H28N2O3/c1-14(2)11-18-13-15-12-17-6-5-16(15)21-8-4-7-20-10-9-19-3/h5-6,12,14,18H,4,7-11,13H2,1-3H3. The predicted molar refractivity (Wildman–Crippen MR) is 83.6 cm³/mol. The maximum absolute atomic E-state index is 5.81. The normalized spacial score (nSPS) is 11.0. The molecule has 1 aromatic heterocycles. The van der Waals surface area contributed by atoms with Crippen LogP contribution in [0.4, 0.5) is 0 Å². The van der Waals surface area contributed by atoms with Crippen LogP contribution in [-0.4, -0.2) is 45.1 Å². The van der Waals surface area contributed by atoms with Crippen LogP contribution in [0.1, 0.15) is 25.8 Å². The molecule has 1 heterocycles. The van der Waals surface area contributed by atoms with Gasteiger partial charge in [-0.25, -0.2) is 0 Å². The van der Waals surface area contributed by atoms with Gasteiger partial charge in [0.15, 0.2) is 0 Å². The van der Waals surface area contributed by atoms with Crippen LogP contribution in [0, 0.1) is 5.92 Å². The summed E-state index contributed by atoms with van der Waals surface area (Å²) in [5.41, 5.74) is 1.10. The number of rotatable bonds is 12. The Balaban J connectivity index is 2.24. The Hall–Kier alpha value is -1.17. The third kappa shape index (κ3) is 8.65. The lowest BCUT2D eigenvalue weighted by Crippen LogP contribution is -2.19. The average molecular weight is 296 g/mol. The summed E-state index contributed by atoms with van der Waals surface area (Å²) in [4.78, 5) is 4.16. The number of methoxy groups -OCH3 is 1. The van der Waals surface area contributed by atoms with E-state index in [4.69, 9.17) is 14.2 Å². The first kappa shape index (κ1) is 17.9. The fraction of sp³-hybridized carbons (Fsp3) is 0.688. The van der Waals surface area contributed by atoms with Crippen LogP contribution in [0.15, 0.2) is 18.5 Å². The van der Waals surface area contributed by atoms with Crippen LogP contribution in [-0.2, 0) is 16.0 Å². The lowest BCUT2D eigenvalue weighted by molar-refractivity contribution is 0.0644. The molecule has 21 heavy (non-hydrogen) atoms. The van der Waals surface area contributed by atoms with Crippen molar-refractivity contribution in [1.82, 2.24) is 10.3 Å². The van der Waals surface area contributed by atoms with Crippen molar-refractivity contribution in [2.45, 2.75) is 26.8 Å². The van der Waals surface area contributed by atoms with Crippen molar-refractivity contribution < 1.29 is 14.2 Å². The molecule has 0 saturated heterocycles. The summed E-state index contributed by atoms with van der Waals surface area (Å²) in [5.74, 6) is 1.54. The van der Waals surface area contributed by atoms with Gasteiger partial charge in [-0.1, -0.05) is 13.8 Å². The molecule has 0 atom stereocenters. The number of ether oxygens (including phenoxy) is 3. The van der Waals surface area contributed by atoms with Crippen LogP contribution in [0.3, 0.4) is 0 Å². The number of aromatic nitrogens is 1. The second-order valence-corrected chi connectivity index (χ2v) is 5.32. The van der Waals surface area contributed by atoms with E-state index in [1.807, 2.05) is 12.3 Å². The molecule has 0 unspecified atom stereocenters. The maximum Gasteiger partial charge on any atom is 0.126 e. The highest BCUT2D eigenvalue weighted by Crippen LogP contribution is 2.16. The fourth-order valence-electron chi connectivity index (χ4n) is 1.77. The quantitative estimate of drug-likeness (QED) is 0.600. The Bertz CT molecular complexity index is 372. The summed E-state index contributed by atoms with van der Waals surface area (Å²) in [6, 6.07) is 1.91. The van der Waals surface area contributed by atoms with Crippen LogP contribution >= 0.6 is 0 Å². The third-order valence-corrected chi connectivity index (χ3v) is 2.85. The van der Waals surface area contributed by atoms with Crippen LogP contribution in [0.5, 0.6) is 5.75 Å². The summed E-state index contributed by atoms with van der Waals surface area (Å²) in [7, 11) is 1.67. The lowest BCUT2D eigenvalue weighted by atomic mass is 10.2. The molecule has 1 rings (SSSR count). The third-order valence-electron chi connectivity index (χ3n) is 2.85. The topological polar surface area (TPSA) is 52.6 Å². The lowest BCUT2D eigenvalue weighted by Gasteiger charge is -2.12. The molecule has 0 amide bonds. The minimum Gasteiger partial charge on any atom is -0.493 e. The van der Waals surface area contributed by atoms with Gasteiger partial charge in [0.25, 0.3) is 0 Å². The molecular formula is C16H28N2O3. The van der Waals surface area contributed by atoms with Crippen molar-refractivity contribution in [2.75, 3.05) is 40.1 Å². The van der Waals surface area contributed by atoms with Crippen molar-refractivity contribution >= 4 is 0 Å². The second kappa shape index (κ2) is 11.5. The van der Waals surface area contributed by atoms with Crippen molar-refractivity contribution in [3.63, 3.8) is 0 Å². The maximum atomic E-state index is 5.81. The monoisotopic (exact) mass is 296 g/mol. The van der Waals surface area contributed by atoms with Gasteiger partial charge in [-0.15, -0.1) is 0 Å². The number of nitrogens with one attached hydrogen (secondary N) is 1. The zero-order chi connectivity index (χ0) is 15.3. The first-order valence-corrected chi connectivity index (χ1v) is 7.57. The molecule has 0 aliphatic rings. The molecule has 0 radical (unpaired) electrons. The first-order chi connectivity index (χ1) is 10.2. The van der Waals surface area contributed by atoms with Gasteiger partial charge in [-0.05, 0) is 18.5 Å². The van der Waals surface area contributed by atoms with Gasteiger partial charge < -0.3 is 19.5 Å². The Morgan fingerprint density at radius 3 is 2.81 bits per heavy atom. The van der Waals surface area contributed by atoms with Crippen molar-refractivity contribution in [1.29, 1.82) is 0 Å². The number of hydrogen-bond donors (Lipinski definition) is 1. The molecule has 5 nitrogen and oxygen atoms in total. The smallest absolute Gasteiger partial charge is 0.126 e. The van der Waals surface area contributed by atoms with Gasteiger partial charge in [-0.3, -0.25) is 4.98 Å². The van der Waals surface area contributed by atoms with Gasteiger partial charge in [0.1, 0.15) is 5.75 Å². The number of nitrogens with zero attached hydrogens (tertiary/aromatic N) is 1. The largest absolute Gasteiger partial charge is 0.493 e. The minimum absolute atomic E-state index is 0.635. The first-order valence-electron chi connectivity index (χ1n) is 7.57. The van der Waals surface area contributed by atoms with E-state index in [1.54, 1.807) is 13.3 Å². The highest BCUT2D eigenvalue weighted by atomic mass is 16.5. The Kier molecular flexibility index (Phi) is 9.78. The van der Waals surface area contributed by atoms with Gasteiger partial charge in [0, 0.05) is 44.6 Å². The minimum atomic E-state index is 0.635. The van der Waals surface area contributed by atoms with E-state index in [2.05, 4.69) is 24.1 Å². The molecule has 5 heteroatoms. The van der Waals surface area contributed by atoms with Gasteiger partial charge >= 0.3 is 0 Å². The molecule has 1 N–H and O–H groups in total. The number of pyridine rings is 1. The van der Waals surface area contributed by atoms with Crippen molar-refractivity contribution in [3.8, 4) is 5.75 Å². The Morgan fingerprint density at radius 2 is 2.05 bits per heavy atom. The van der Waals surface area contributed by atoms with Crippen molar-refractivity contribution in [2.24, 2.45) is 5.92 Å². The van der Waals surface area contributed by atoms with E-state index in [0.717, 1.165) is 30.8 Å². The summed E-state index contributed by atoms with van der Waals surface area (Å²) in [6.45, 7) is 8.76. The molecule has 0 fully saturated rings. The van der Waals surface area contributed by atoms with Crippen LogP contribution < -0.4 is 10.1 Å². The molecule has 0 aliphatic carbocycles. The highest BCUT2D eigenvalue weighted by Gasteiger charge is 2.04. The summed E-state index contributed by atoms with van der Waals surface area (Å²) < 4.78 is 16.1. The Labute approximate surface area is 128 Å². The van der Waals surface area contributed by atoms with Crippen LogP contribution in [0.2, 0.25) is 0 Å². The fourth-order valence-corrected chi connectivity index (χ4v) is 1.77. The summed E-state index contributed by atoms with van der Waals surface area (Å²) in [5, 5.41) is 3.41. The van der Waals surface area contributed by atoms with E-state index in [1.165, 1.54) is 0 Å². The molecule has 0 spiro atoms. The van der Waals surface area contributed by atoms with E-state index >= 15 is 0 Å². The van der Waals surface area contributed by atoms with Crippen LogP contribution in [0.25, 0.3) is 0 Å². The molecule has 0 aromatic carbocycles. The molecule has 0 saturated carbocycles. The predicted octanol–water partition coefficient (Wildman–Crippen LogP) is 2.26. The van der Waals surface area contributed by atoms with Gasteiger partial charge in [0.2, 0.25) is 0 Å². The zero-order valence-electron chi connectivity index (χ0n) is 13.4. The van der Waals surface area contributed by atoms with E-state index in [9.17, 15) is 0 Å². The molecule has 0 aliphatic heterocycles. The van der Waals surface area contributed by atoms with Gasteiger partial charge in [-0.2, -0.15) is 0 Å². The van der Waals surface area contributed by atoms with Gasteiger partial charge in [0.05, 0.1) is 19.8 Å². The summed E-state index contributed by atoms with van der Waals surface area (Å²) in [6.07, 6.45) is 4.49. The second-order valence-electron chi connectivity index (χ2n) is 5.32. The molecule has 0 bridgehead atoms.